The van der Waals surface area contributed by atoms with E-state index >= 15 is 0 Å². The molecule has 0 spiro atoms. The van der Waals surface area contributed by atoms with E-state index in [1.54, 1.807) is 42.2 Å². The summed E-state index contributed by atoms with van der Waals surface area (Å²) < 4.78 is 3.70. The molecule has 6 rings (SSSR count). The standard InChI is InChI=1S/C29H19N7O2S/c1-34-18-31-33-29(34)39-27-14-12-19(15-26(27)36(37)38)11-13-21-16-25(20-7-3-2-4-8-20)35-24-10-6-5-9-23(24)32-28(35)22(21)17-30/h2-16,18H,1H3. The highest BCUT2D eigenvalue weighted by molar-refractivity contribution is 7.99. The molecule has 39 heavy (non-hydrogen) atoms. The SMILES string of the molecule is Cn1cnnc1Sc1ccc(C=Cc2cc(-c3ccccc3)n3c(nc4ccccc43)c2C#N)cc1[N+](=O)[O-]. The number of benzene rings is 3. The maximum atomic E-state index is 11.9. The van der Waals surface area contributed by atoms with E-state index in [1.165, 1.54) is 17.8 Å². The summed E-state index contributed by atoms with van der Waals surface area (Å²) in [5.41, 5.74) is 5.80. The van der Waals surface area contributed by atoms with Crippen molar-refractivity contribution in [3.8, 4) is 17.3 Å². The van der Waals surface area contributed by atoms with Crippen molar-refractivity contribution in [1.82, 2.24) is 24.1 Å². The van der Waals surface area contributed by atoms with Crippen molar-refractivity contribution >= 4 is 46.3 Å². The van der Waals surface area contributed by atoms with Crippen molar-refractivity contribution in [2.75, 3.05) is 0 Å². The number of nitriles is 1. The molecule has 0 amide bonds. The lowest BCUT2D eigenvalue weighted by atomic mass is 10.0. The van der Waals surface area contributed by atoms with Crippen LogP contribution in [-0.2, 0) is 7.05 Å². The van der Waals surface area contributed by atoms with Crippen LogP contribution in [0.1, 0.15) is 16.7 Å². The van der Waals surface area contributed by atoms with Gasteiger partial charge < -0.3 is 4.57 Å². The van der Waals surface area contributed by atoms with E-state index in [9.17, 15) is 15.4 Å². The Hall–Kier alpha value is -5.27. The van der Waals surface area contributed by atoms with Gasteiger partial charge in [-0.2, -0.15) is 5.26 Å². The minimum absolute atomic E-state index is 0.0365. The van der Waals surface area contributed by atoms with Gasteiger partial charge in [0.2, 0.25) is 0 Å². The first kappa shape index (κ1) is 24.1. The molecule has 0 fully saturated rings. The third-order valence-electron chi connectivity index (χ3n) is 6.29. The predicted octanol–water partition coefficient (Wildman–Crippen LogP) is 6.38. The van der Waals surface area contributed by atoms with E-state index in [-0.39, 0.29) is 5.69 Å². The minimum Gasteiger partial charge on any atom is -0.311 e. The summed E-state index contributed by atoms with van der Waals surface area (Å²) >= 11 is 1.18. The maximum Gasteiger partial charge on any atom is 0.283 e. The number of fused-ring (bicyclic) bond motifs is 3. The Kier molecular flexibility index (Phi) is 6.11. The molecule has 0 aliphatic carbocycles. The fraction of sp³-hybridized carbons (Fsp3) is 0.0345. The van der Waals surface area contributed by atoms with Crippen molar-refractivity contribution < 1.29 is 4.92 Å². The highest BCUT2D eigenvalue weighted by Crippen LogP contribution is 2.35. The molecule has 0 saturated carbocycles. The van der Waals surface area contributed by atoms with E-state index in [1.807, 2.05) is 65.1 Å². The second-order valence-corrected chi connectivity index (χ2v) is 9.75. The van der Waals surface area contributed by atoms with Crippen molar-refractivity contribution in [2.24, 2.45) is 7.05 Å². The molecule has 188 valence electrons. The first-order chi connectivity index (χ1) is 19.0. The number of rotatable bonds is 6. The van der Waals surface area contributed by atoms with Crippen LogP contribution >= 0.6 is 11.8 Å². The molecular formula is C29H19N7O2S. The summed E-state index contributed by atoms with van der Waals surface area (Å²) in [6.45, 7) is 0. The molecule has 0 bridgehead atoms. The molecule has 0 saturated heterocycles. The molecule has 3 heterocycles. The van der Waals surface area contributed by atoms with E-state index < -0.39 is 4.92 Å². The van der Waals surface area contributed by atoms with Crippen LogP contribution in [0.4, 0.5) is 5.69 Å². The largest absolute Gasteiger partial charge is 0.311 e. The first-order valence-electron chi connectivity index (χ1n) is 11.9. The number of hydrogen-bond acceptors (Lipinski definition) is 7. The van der Waals surface area contributed by atoms with E-state index in [4.69, 9.17) is 4.98 Å². The molecule has 0 aliphatic heterocycles. The van der Waals surface area contributed by atoms with Crippen LogP contribution in [0.5, 0.6) is 0 Å². The quantitative estimate of drug-likeness (QED) is 0.181. The maximum absolute atomic E-state index is 11.9. The molecule has 3 aromatic heterocycles. The molecule has 0 unspecified atom stereocenters. The predicted molar refractivity (Wildman–Crippen MR) is 150 cm³/mol. The second kappa shape index (κ2) is 9.89. The number of nitrogens with zero attached hydrogens (tertiary/aromatic N) is 7. The van der Waals surface area contributed by atoms with Gasteiger partial charge in [0.05, 0.1) is 26.5 Å². The van der Waals surface area contributed by atoms with Gasteiger partial charge in [-0.3, -0.25) is 14.5 Å². The normalized spacial score (nSPS) is 11.4. The Labute approximate surface area is 226 Å². The lowest BCUT2D eigenvalue weighted by Gasteiger charge is -2.11. The summed E-state index contributed by atoms with van der Waals surface area (Å²) in [5.74, 6) is 0. The molecule has 0 aliphatic rings. The summed E-state index contributed by atoms with van der Waals surface area (Å²) in [5, 5.41) is 30.4. The number of nitro benzene ring substituents is 1. The van der Waals surface area contributed by atoms with Crippen molar-refractivity contribution in [3.05, 3.63) is 112 Å². The summed E-state index contributed by atoms with van der Waals surface area (Å²) in [6.07, 6.45) is 5.12. The Morgan fingerprint density at radius 1 is 1.03 bits per heavy atom. The Bertz CT molecular complexity index is 1950. The highest BCUT2D eigenvalue weighted by atomic mass is 32.2. The molecule has 10 heteroatoms. The van der Waals surface area contributed by atoms with Gasteiger partial charge in [0.15, 0.2) is 10.8 Å². The monoisotopic (exact) mass is 529 g/mol. The molecule has 9 nitrogen and oxygen atoms in total. The average molecular weight is 530 g/mol. The first-order valence-corrected chi connectivity index (χ1v) is 12.7. The van der Waals surface area contributed by atoms with Gasteiger partial charge in [-0.1, -0.05) is 60.7 Å². The van der Waals surface area contributed by atoms with Crippen molar-refractivity contribution in [2.45, 2.75) is 10.1 Å². The summed E-state index contributed by atoms with van der Waals surface area (Å²) in [7, 11) is 1.78. The second-order valence-electron chi connectivity index (χ2n) is 8.74. The van der Waals surface area contributed by atoms with Gasteiger partial charge in [-0.05, 0) is 52.7 Å². The van der Waals surface area contributed by atoms with Gasteiger partial charge in [0.25, 0.3) is 5.69 Å². The number of pyridine rings is 1. The summed E-state index contributed by atoms with van der Waals surface area (Å²) in [6, 6.07) is 27.0. The van der Waals surface area contributed by atoms with Crippen molar-refractivity contribution in [3.63, 3.8) is 0 Å². The molecular weight excluding hydrogens is 510 g/mol. The number of imidazole rings is 1. The third kappa shape index (κ3) is 4.41. The van der Waals surface area contributed by atoms with Gasteiger partial charge >= 0.3 is 0 Å². The number of hydrogen-bond donors (Lipinski definition) is 0. The van der Waals surface area contributed by atoms with Crippen molar-refractivity contribution in [1.29, 1.82) is 5.26 Å². The number of aromatic nitrogens is 5. The van der Waals surface area contributed by atoms with Crippen LogP contribution < -0.4 is 0 Å². The van der Waals surface area contributed by atoms with Crippen LogP contribution in [0.15, 0.2) is 95.2 Å². The fourth-order valence-corrected chi connectivity index (χ4v) is 5.28. The minimum atomic E-state index is -0.410. The Balaban J connectivity index is 1.47. The summed E-state index contributed by atoms with van der Waals surface area (Å²) in [4.78, 5) is 16.7. The fourth-order valence-electron chi connectivity index (χ4n) is 4.43. The lowest BCUT2D eigenvalue weighted by Crippen LogP contribution is -1.98. The van der Waals surface area contributed by atoms with Crippen LogP contribution in [0.3, 0.4) is 0 Å². The van der Waals surface area contributed by atoms with E-state index in [0.29, 0.717) is 32.4 Å². The van der Waals surface area contributed by atoms with Gasteiger partial charge in [0, 0.05) is 13.1 Å². The molecule has 0 radical (unpaired) electrons. The van der Waals surface area contributed by atoms with Gasteiger partial charge in [-0.25, -0.2) is 4.98 Å². The number of aryl methyl sites for hydroxylation is 1. The molecule has 6 aromatic rings. The highest BCUT2D eigenvalue weighted by Gasteiger charge is 2.19. The zero-order valence-corrected chi connectivity index (χ0v) is 21.4. The average Bonchev–Trinajstić information content (AvgIpc) is 3.55. The van der Waals surface area contributed by atoms with Gasteiger partial charge in [-0.15, -0.1) is 10.2 Å². The number of nitro groups is 1. The zero-order chi connectivity index (χ0) is 26.9. The van der Waals surface area contributed by atoms with E-state index in [2.05, 4.69) is 16.3 Å². The third-order valence-corrected chi connectivity index (χ3v) is 7.41. The Morgan fingerprint density at radius 2 is 1.82 bits per heavy atom. The topological polar surface area (TPSA) is 115 Å². The number of para-hydroxylation sites is 2. The molecule has 3 aromatic carbocycles. The zero-order valence-electron chi connectivity index (χ0n) is 20.6. The Morgan fingerprint density at radius 3 is 2.56 bits per heavy atom. The van der Waals surface area contributed by atoms with E-state index in [0.717, 1.165) is 22.3 Å². The smallest absolute Gasteiger partial charge is 0.283 e. The van der Waals surface area contributed by atoms with Crippen LogP contribution in [0.25, 0.3) is 40.1 Å². The van der Waals surface area contributed by atoms with Gasteiger partial charge in [0.1, 0.15) is 18.0 Å². The molecule has 0 N–H and O–H groups in total. The van der Waals surface area contributed by atoms with Crippen LogP contribution in [0.2, 0.25) is 0 Å². The molecule has 0 atom stereocenters. The lowest BCUT2D eigenvalue weighted by molar-refractivity contribution is -0.387. The van der Waals surface area contributed by atoms with Crippen LogP contribution in [0, 0.1) is 21.4 Å². The van der Waals surface area contributed by atoms with Crippen LogP contribution in [-0.4, -0.2) is 29.1 Å².